The molecule has 108 valence electrons. The van der Waals surface area contributed by atoms with Gasteiger partial charge in [0.05, 0.1) is 18.7 Å². The quantitative estimate of drug-likeness (QED) is 0.622. The maximum Gasteiger partial charge on any atom is 0.337 e. The average Bonchev–Trinajstić information content (AvgIpc) is 2.27. The molecule has 0 saturated carbocycles. The number of urea groups is 1. The van der Waals surface area contributed by atoms with E-state index < -0.39 is 5.97 Å². The highest BCUT2D eigenvalue weighted by Crippen LogP contribution is 2.17. The smallest absolute Gasteiger partial charge is 0.337 e. The van der Waals surface area contributed by atoms with Crippen molar-refractivity contribution < 1.29 is 14.3 Å². The second kappa shape index (κ2) is 6.81. The Kier molecular flexibility index (Phi) is 5.68. The van der Waals surface area contributed by atoms with Gasteiger partial charge in [0.2, 0.25) is 0 Å². The van der Waals surface area contributed by atoms with Crippen LogP contribution < -0.4 is 16.4 Å². The highest BCUT2D eigenvalue weighted by molar-refractivity contribution is 7.99. The number of nitrogens with two attached hydrogens (primary N) is 1. The summed E-state index contributed by atoms with van der Waals surface area (Å²) in [6.07, 6.45) is 0. The fraction of sp³-hybridized carbons (Fsp3) is 0.667. The van der Waals surface area contributed by atoms with Crippen LogP contribution in [0.1, 0.15) is 20.8 Å². The fourth-order valence-electron chi connectivity index (χ4n) is 1.48. The summed E-state index contributed by atoms with van der Waals surface area (Å²) in [7, 11) is 0. The molecule has 19 heavy (non-hydrogen) atoms. The van der Waals surface area contributed by atoms with Gasteiger partial charge in [0.15, 0.2) is 0 Å². The number of ether oxygens (including phenoxy) is 1. The molecular formula is C12H21N3O3S. The van der Waals surface area contributed by atoms with Crippen LogP contribution in [0.5, 0.6) is 0 Å². The van der Waals surface area contributed by atoms with Gasteiger partial charge in [0, 0.05) is 22.7 Å². The lowest BCUT2D eigenvalue weighted by molar-refractivity contribution is -0.138. The molecule has 0 radical (unpaired) electrons. The third-order valence-corrected chi connectivity index (χ3v) is 3.74. The van der Waals surface area contributed by atoms with Crippen molar-refractivity contribution in [1.82, 2.24) is 10.6 Å². The topological polar surface area (TPSA) is 93.4 Å². The van der Waals surface area contributed by atoms with Crippen LogP contribution in [0.4, 0.5) is 4.79 Å². The average molecular weight is 287 g/mol. The first-order valence-electron chi connectivity index (χ1n) is 6.14. The summed E-state index contributed by atoms with van der Waals surface area (Å²) in [6.45, 7) is 6.13. The van der Waals surface area contributed by atoms with Gasteiger partial charge >= 0.3 is 12.0 Å². The number of esters is 1. The molecule has 0 fully saturated rings. The summed E-state index contributed by atoms with van der Waals surface area (Å²) in [5.74, 6) is 0.871. The zero-order valence-electron chi connectivity index (χ0n) is 11.5. The Bertz CT molecular complexity index is 388. The van der Waals surface area contributed by atoms with E-state index >= 15 is 0 Å². The van der Waals surface area contributed by atoms with E-state index in [1.807, 2.05) is 13.8 Å². The molecule has 7 heteroatoms. The van der Waals surface area contributed by atoms with Gasteiger partial charge in [-0.25, -0.2) is 9.59 Å². The lowest BCUT2D eigenvalue weighted by Gasteiger charge is -2.23. The number of rotatable bonds is 6. The van der Waals surface area contributed by atoms with Crippen molar-refractivity contribution in [2.75, 3.05) is 24.7 Å². The minimum atomic E-state index is -0.391. The van der Waals surface area contributed by atoms with Crippen molar-refractivity contribution >= 4 is 23.8 Å². The minimum Gasteiger partial charge on any atom is -0.463 e. The molecular weight excluding hydrogens is 266 g/mol. The first kappa shape index (κ1) is 15.8. The van der Waals surface area contributed by atoms with E-state index in [-0.39, 0.29) is 18.1 Å². The van der Waals surface area contributed by atoms with Crippen molar-refractivity contribution in [2.45, 2.75) is 26.3 Å². The van der Waals surface area contributed by atoms with Crippen molar-refractivity contribution in [3.05, 3.63) is 11.3 Å². The molecule has 4 N–H and O–H groups in total. The van der Waals surface area contributed by atoms with Crippen LogP contribution in [0, 0.1) is 0 Å². The Morgan fingerprint density at radius 1 is 1.53 bits per heavy atom. The Balaban J connectivity index is 2.70. The van der Waals surface area contributed by atoms with E-state index in [4.69, 9.17) is 10.5 Å². The zero-order valence-corrected chi connectivity index (χ0v) is 12.4. The largest absolute Gasteiger partial charge is 0.463 e. The van der Waals surface area contributed by atoms with Crippen LogP contribution >= 0.6 is 11.8 Å². The summed E-state index contributed by atoms with van der Waals surface area (Å²) < 4.78 is 4.97. The molecule has 0 aromatic heterocycles. The number of carbonyl (C=O) groups excluding carboxylic acids is 2. The third kappa shape index (κ3) is 5.52. The van der Waals surface area contributed by atoms with Crippen LogP contribution in [-0.4, -0.2) is 42.2 Å². The molecule has 1 heterocycles. The molecule has 2 amide bonds. The number of hydrogen-bond acceptors (Lipinski definition) is 5. The zero-order chi connectivity index (χ0) is 14.5. The predicted molar refractivity (Wildman–Crippen MR) is 75.8 cm³/mol. The summed E-state index contributed by atoms with van der Waals surface area (Å²) >= 11 is 1.57. The standard InChI is InChI=1S/C12H21N3O3S/c1-4-18-10(16)8-5-14-11(17)15-9(8)6-19-7-12(2,3)13/h4-7,13H2,1-3H3,(H2,14,15,17). The Morgan fingerprint density at radius 3 is 2.79 bits per heavy atom. The molecule has 0 aromatic carbocycles. The van der Waals surface area contributed by atoms with Gasteiger partial charge in [-0.1, -0.05) is 0 Å². The van der Waals surface area contributed by atoms with Crippen LogP contribution in [0.15, 0.2) is 11.3 Å². The van der Waals surface area contributed by atoms with Gasteiger partial charge in [0.1, 0.15) is 0 Å². The normalized spacial score (nSPS) is 15.9. The van der Waals surface area contributed by atoms with Gasteiger partial charge in [-0.05, 0) is 20.8 Å². The Labute approximate surface area is 117 Å². The first-order chi connectivity index (χ1) is 8.83. The third-order valence-electron chi connectivity index (χ3n) is 2.30. The van der Waals surface area contributed by atoms with Gasteiger partial charge < -0.3 is 21.1 Å². The number of amides is 2. The van der Waals surface area contributed by atoms with Crippen LogP contribution in [0.2, 0.25) is 0 Å². The number of hydrogen-bond donors (Lipinski definition) is 3. The molecule has 1 aliphatic rings. The highest BCUT2D eigenvalue weighted by Gasteiger charge is 2.23. The van der Waals surface area contributed by atoms with Crippen LogP contribution in [0.25, 0.3) is 0 Å². The first-order valence-corrected chi connectivity index (χ1v) is 7.29. The molecule has 0 aliphatic carbocycles. The van der Waals surface area contributed by atoms with Crippen molar-refractivity contribution in [2.24, 2.45) is 5.73 Å². The van der Waals surface area contributed by atoms with Crippen LogP contribution in [0.3, 0.4) is 0 Å². The van der Waals surface area contributed by atoms with Gasteiger partial charge in [-0.3, -0.25) is 0 Å². The van der Waals surface area contributed by atoms with E-state index in [9.17, 15) is 9.59 Å². The molecule has 6 nitrogen and oxygen atoms in total. The highest BCUT2D eigenvalue weighted by atomic mass is 32.2. The summed E-state index contributed by atoms with van der Waals surface area (Å²) in [5.41, 5.74) is 6.69. The maximum atomic E-state index is 11.8. The van der Waals surface area contributed by atoms with Crippen molar-refractivity contribution in [1.29, 1.82) is 0 Å². The maximum absolute atomic E-state index is 11.8. The molecule has 0 atom stereocenters. The van der Waals surface area contributed by atoms with E-state index in [0.717, 1.165) is 5.75 Å². The van der Waals surface area contributed by atoms with E-state index in [2.05, 4.69) is 10.6 Å². The van der Waals surface area contributed by atoms with Crippen molar-refractivity contribution in [3.8, 4) is 0 Å². The monoisotopic (exact) mass is 287 g/mol. The second-order valence-corrected chi connectivity index (χ2v) is 5.95. The molecule has 0 bridgehead atoms. The molecule has 0 spiro atoms. The summed E-state index contributed by atoms with van der Waals surface area (Å²) in [4.78, 5) is 23.1. The number of carbonyl (C=O) groups is 2. The fourth-order valence-corrected chi connectivity index (χ4v) is 2.56. The number of thioether (sulfide) groups is 1. The second-order valence-electron chi connectivity index (χ2n) is 4.97. The SMILES string of the molecule is CCOC(=O)C1=C(CSCC(C)(C)N)NC(=O)NC1. The van der Waals surface area contributed by atoms with Gasteiger partial charge in [0.25, 0.3) is 0 Å². The lowest BCUT2D eigenvalue weighted by Crippen LogP contribution is -2.44. The minimum absolute atomic E-state index is 0.201. The van der Waals surface area contributed by atoms with Crippen molar-refractivity contribution in [3.63, 3.8) is 0 Å². The van der Waals surface area contributed by atoms with E-state index in [0.29, 0.717) is 23.6 Å². The Hall–Kier alpha value is -1.21. The predicted octanol–water partition coefficient (Wildman–Crippen LogP) is 0.587. The van der Waals surface area contributed by atoms with E-state index in [1.54, 1.807) is 18.7 Å². The van der Waals surface area contributed by atoms with Gasteiger partial charge in [-0.2, -0.15) is 11.8 Å². The molecule has 0 aromatic rings. The lowest BCUT2D eigenvalue weighted by atomic mass is 10.1. The van der Waals surface area contributed by atoms with E-state index in [1.165, 1.54) is 0 Å². The van der Waals surface area contributed by atoms with Crippen LogP contribution in [-0.2, 0) is 9.53 Å². The Morgan fingerprint density at radius 2 is 2.21 bits per heavy atom. The summed E-state index contributed by atoms with van der Waals surface area (Å²) in [6, 6.07) is -0.296. The molecule has 1 rings (SSSR count). The molecule has 1 aliphatic heterocycles. The summed E-state index contributed by atoms with van der Waals surface area (Å²) in [5, 5.41) is 5.22. The van der Waals surface area contributed by atoms with Gasteiger partial charge in [-0.15, -0.1) is 0 Å². The molecule has 0 unspecified atom stereocenters. The molecule has 0 saturated heterocycles. The number of nitrogens with one attached hydrogen (secondary N) is 2.